The van der Waals surface area contributed by atoms with Gasteiger partial charge in [0.2, 0.25) is 0 Å². The molecule has 1 saturated carbocycles. The van der Waals surface area contributed by atoms with Crippen LogP contribution in [0.4, 0.5) is 4.39 Å². The van der Waals surface area contributed by atoms with Gasteiger partial charge in [0.15, 0.2) is 0 Å². The second-order valence-electron chi connectivity index (χ2n) is 7.62. The van der Waals surface area contributed by atoms with Crippen molar-refractivity contribution < 1.29 is 29.7 Å². The molecule has 0 aliphatic heterocycles. The van der Waals surface area contributed by atoms with Crippen molar-refractivity contribution in [1.82, 2.24) is 0 Å². The van der Waals surface area contributed by atoms with Crippen molar-refractivity contribution in [3.63, 3.8) is 0 Å². The van der Waals surface area contributed by atoms with Crippen LogP contribution in [0.1, 0.15) is 44.9 Å². The fraction of sp³-hybridized carbons (Fsp3) is 0.545. The van der Waals surface area contributed by atoms with E-state index in [2.05, 4.69) is 5.16 Å². The predicted molar refractivity (Wildman–Crippen MR) is 114 cm³/mol. The highest BCUT2D eigenvalue weighted by Crippen LogP contribution is 2.36. The van der Waals surface area contributed by atoms with Gasteiger partial charge in [-0.05, 0) is 62.3 Å². The molecule has 1 aromatic rings. The lowest BCUT2D eigenvalue weighted by Gasteiger charge is -2.21. The quantitative estimate of drug-likeness (QED) is 0.128. The lowest BCUT2D eigenvalue weighted by molar-refractivity contribution is -0.137. The maximum atomic E-state index is 13.0. The average molecular weight is 440 g/mol. The van der Waals surface area contributed by atoms with Crippen LogP contribution in [-0.2, 0) is 4.79 Å². The summed E-state index contributed by atoms with van der Waals surface area (Å²) in [6.07, 6.45) is 6.11. The fourth-order valence-corrected chi connectivity index (χ4v) is 4.65. The van der Waals surface area contributed by atoms with Crippen molar-refractivity contribution in [2.24, 2.45) is 17.0 Å². The first-order chi connectivity index (χ1) is 14.4. The van der Waals surface area contributed by atoms with Crippen LogP contribution < -0.4 is 0 Å². The molecular formula is C22H30FNO5S. The lowest BCUT2D eigenvalue weighted by Crippen LogP contribution is -2.22. The van der Waals surface area contributed by atoms with Crippen molar-refractivity contribution in [1.29, 1.82) is 0 Å². The van der Waals surface area contributed by atoms with E-state index in [1.54, 1.807) is 12.1 Å². The molecular weight excluding hydrogens is 409 g/mol. The van der Waals surface area contributed by atoms with Gasteiger partial charge in [0.05, 0.1) is 17.9 Å². The van der Waals surface area contributed by atoms with E-state index in [-0.39, 0.29) is 24.1 Å². The van der Waals surface area contributed by atoms with Crippen LogP contribution in [0.25, 0.3) is 0 Å². The topological polar surface area (TPSA) is 110 Å². The van der Waals surface area contributed by atoms with Gasteiger partial charge in [-0.25, -0.2) is 4.39 Å². The number of hydrogen-bond donors (Lipinski definition) is 4. The zero-order chi connectivity index (χ0) is 21.9. The Morgan fingerprint density at radius 1 is 1.30 bits per heavy atom. The summed E-state index contributed by atoms with van der Waals surface area (Å²) in [5, 5.41) is 42.0. The highest BCUT2D eigenvalue weighted by molar-refractivity contribution is 7.99. The van der Waals surface area contributed by atoms with Gasteiger partial charge in [-0.1, -0.05) is 17.3 Å². The molecule has 2 rings (SSSR count). The van der Waals surface area contributed by atoms with Gasteiger partial charge >= 0.3 is 5.97 Å². The highest BCUT2D eigenvalue weighted by atomic mass is 32.2. The number of carboxylic acid groups (broad SMARTS) is 1. The summed E-state index contributed by atoms with van der Waals surface area (Å²) in [6.45, 7) is 0. The Hall–Kier alpha value is -1.90. The van der Waals surface area contributed by atoms with E-state index < -0.39 is 18.2 Å². The van der Waals surface area contributed by atoms with Gasteiger partial charge in [0, 0.05) is 29.4 Å². The Labute approximate surface area is 180 Å². The number of carboxylic acids is 1. The van der Waals surface area contributed by atoms with Crippen molar-refractivity contribution in [2.75, 3.05) is 5.75 Å². The number of aliphatic hydroxyl groups is 2. The summed E-state index contributed by atoms with van der Waals surface area (Å²) < 4.78 is 13.0. The second kappa shape index (κ2) is 12.7. The van der Waals surface area contributed by atoms with E-state index in [1.165, 1.54) is 23.9 Å². The summed E-state index contributed by atoms with van der Waals surface area (Å²) in [6, 6.07) is 6.13. The largest absolute Gasteiger partial charge is 0.481 e. The van der Waals surface area contributed by atoms with Crippen molar-refractivity contribution >= 4 is 23.4 Å². The molecule has 1 aliphatic rings. The zero-order valence-electron chi connectivity index (χ0n) is 16.9. The summed E-state index contributed by atoms with van der Waals surface area (Å²) in [5.41, 5.74) is 0.560. The van der Waals surface area contributed by atoms with Crippen LogP contribution in [0, 0.1) is 17.7 Å². The van der Waals surface area contributed by atoms with E-state index in [4.69, 9.17) is 5.11 Å². The Morgan fingerprint density at radius 2 is 2.03 bits per heavy atom. The van der Waals surface area contributed by atoms with Crippen molar-refractivity contribution in [3.8, 4) is 0 Å². The lowest BCUT2D eigenvalue weighted by atomic mass is 9.86. The van der Waals surface area contributed by atoms with Crippen LogP contribution >= 0.6 is 11.8 Å². The van der Waals surface area contributed by atoms with Crippen molar-refractivity contribution in [3.05, 3.63) is 42.2 Å². The monoisotopic (exact) mass is 439 g/mol. The predicted octanol–water partition coefficient (Wildman–Crippen LogP) is 4.09. The molecule has 0 spiro atoms. The standard InChI is InChI=1S/C22H30FNO5S/c23-15-7-10-17(11-8-15)30-14-16(25)9-12-18-19(21(26)13-20(18)24-29)5-3-1-2-4-6-22(27)28/h1,3,7-8,10-11,16,18-19,21,25-26,29H,2,4-6,9,12-14H2,(H,27,28)/b3-1+,24-20-. The number of oxime groups is 1. The molecule has 1 aromatic carbocycles. The minimum atomic E-state index is -0.811. The van der Waals surface area contributed by atoms with Gasteiger partial charge in [0.1, 0.15) is 5.82 Å². The summed E-state index contributed by atoms with van der Waals surface area (Å²) in [4.78, 5) is 11.4. The summed E-state index contributed by atoms with van der Waals surface area (Å²) >= 11 is 1.45. The van der Waals surface area contributed by atoms with Gasteiger partial charge in [-0.2, -0.15) is 0 Å². The third-order valence-electron chi connectivity index (χ3n) is 5.39. The number of halogens is 1. The second-order valence-corrected chi connectivity index (χ2v) is 8.72. The molecule has 8 heteroatoms. The number of allylic oxidation sites excluding steroid dienone is 2. The Morgan fingerprint density at radius 3 is 2.70 bits per heavy atom. The van der Waals surface area contributed by atoms with Gasteiger partial charge in [-0.15, -0.1) is 11.8 Å². The number of hydrogen-bond acceptors (Lipinski definition) is 6. The van der Waals surface area contributed by atoms with Crippen LogP contribution in [0.3, 0.4) is 0 Å². The van der Waals surface area contributed by atoms with Crippen LogP contribution in [0.5, 0.6) is 0 Å². The molecule has 4 N–H and O–H groups in total. The Bertz CT molecular complexity index is 725. The number of carbonyl (C=O) groups is 1. The average Bonchev–Trinajstić information content (AvgIpc) is 3.03. The Balaban J connectivity index is 1.81. The number of unbranched alkanes of at least 4 members (excludes halogenated alkanes) is 1. The van der Waals surface area contributed by atoms with E-state index in [9.17, 15) is 24.6 Å². The number of aliphatic hydroxyl groups excluding tert-OH is 2. The van der Waals surface area contributed by atoms with Gasteiger partial charge in [0.25, 0.3) is 0 Å². The van der Waals surface area contributed by atoms with E-state index in [1.807, 2.05) is 12.2 Å². The number of thioether (sulfide) groups is 1. The Kier molecular flexibility index (Phi) is 10.3. The molecule has 0 saturated heterocycles. The summed E-state index contributed by atoms with van der Waals surface area (Å²) in [7, 11) is 0. The van der Waals surface area contributed by atoms with Gasteiger partial charge in [-0.3, -0.25) is 4.79 Å². The molecule has 0 aromatic heterocycles. The first-order valence-corrected chi connectivity index (χ1v) is 11.2. The highest BCUT2D eigenvalue weighted by Gasteiger charge is 2.39. The number of benzene rings is 1. The van der Waals surface area contributed by atoms with Crippen LogP contribution in [0.15, 0.2) is 46.5 Å². The molecule has 1 fully saturated rings. The van der Waals surface area contributed by atoms with E-state index in [0.717, 1.165) is 4.90 Å². The van der Waals surface area contributed by atoms with E-state index in [0.29, 0.717) is 50.0 Å². The van der Waals surface area contributed by atoms with E-state index >= 15 is 0 Å². The zero-order valence-corrected chi connectivity index (χ0v) is 17.7. The molecule has 4 unspecified atom stereocenters. The molecule has 0 amide bonds. The van der Waals surface area contributed by atoms with Crippen LogP contribution in [-0.4, -0.2) is 50.2 Å². The smallest absolute Gasteiger partial charge is 0.303 e. The minimum Gasteiger partial charge on any atom is -0.481 e. The molecule has 0 bridgehead atoms. The number of nitrogens with zero attached hydrogens (tertiary/aromatic N) is 1. The van der Waals surface area contributed by atoms with Crippen LogP contribution in [0.2, 0.25) is 0 Å². The first kappa shape index (κ1) is 24.4. The molecule has 6 nitrogen and oxygen atoms in total. The molecule has 0 radical (unpaired) electrons. The molecule has 1 aliphatic carbocycles. The third-order valence-corrected chi connectivity index (χ3v) is 6.55. The number of aliphatic carboxylic acids is 1. The SMILES string of the molecule is O=C(O)CCC/C=C/CC1C(O)C/C(=N/O)C1CCC(O)CSc1ccc(F)cc1. The normalized spacial score (nSPS) is 24.0. The minimum absolute atomic E-state index is 0.0939. The summed E-state index contributed by atoms with van der Waals surface area (Å²) in [5.74, 6) is -0.837. The number of rotatable bonds is 12. The maximum absolute atomic E-state index is 13.0. The molecule has 30 heavy (non-hydrogen) atoms. The third kappa shape index (κ3) is 8.08. The molecule has 0 heterocycles. The molecule has 166 valence electrons. The molecule has 4 atom stereocenters. The maximum Gasteiger partial charge on any atom is 0.303 e. The van der Waals surface area contributed by atoms with Crippen molar-refractivity contribution in [2.45, 2.75) is 62.0 Å². The van der Waals surface area contributed by atoms with Gasteiger partial charge < -0.3 is 20.5 Å². The fourth-order valence-electron chi connectivity index (χ4n) is 3.77. The first-order valence-electron chi connectivity index (χ1n) is 10.2.